The van der Waals surface area contributed by atoms with E-state index in [4.69, 9.17) is 5.73 Å². The molecule has 2 nitrogen and oxygen atoms in total. The molecule has 0 aliphatic heterocycles. The minimum atomic E-state index is -0.387. The van der Waals surface area contributed by atoms with Gasteiger partial charge in [0.25, 0.3) is 0 Å². The highest BCUT2D eigenvalue weighted by molar-refractivity contribution is 5.38. The van der Waals surface area contributed by atoms with E-state index in [1.54, 1.807) is 0 Å². The lowest BCUT2D eigenvalue weighted by Crippen LogP contribution is -2.22. The lowest BCUT2D eigenvalue weighted by Gasteiger charge is -2.11. The van der Waals surface area contributed by atoms with Gasteiger partial charge in [0.15, 0.2) is 0 Å². The van der Waals surface area contributed by atoms with Gasteiger partial charge in [-0.05, 0) is 42.4 Å². The minimum Gasteiger partial charge on any atom is -0.391 e. The number of nitrogens with two attached hydrogens (primary N) is 1. The predicted octanol–water partition coefficient (Wildman–Crippen LogP) is 1.04. The first kappa shape index (κ1) is 9.69. The number of benzene rings is 1. The molecule has 0 aromatic heterocycles. The van der Waals surface area contributed by atoms with Crippen LogP contribution in [0.5, 0.6) is 0 Å². The molecule has 0 amide bonds. The third-order valence-corrected chi connectivity index (χ3v) is 2.97. The highest BCUT2D eigenvalue weighted by Crippen LogP contribution is 2.25. The highest BCUT2D eigenvalue weighted by atomic mass is 16.3. The molecule has 1 unspecified atom stereocenters. The number of rotatable bonds is 3. The van der Waals surface area contributed by atoms with E-state index < -0.39 is 0 Å². The Morgan fingerprint density at radius 1 is 1.36 bits per heavy atom. The standard InChI is InChI=1S/C12H17NO/c13-8-11(14)7-10-5-1-3-9-4-2-6-12(9)10/h1,3,5,11,14H,2,4,6-8,13H2. The molecule has 1 aliphatic rings. The Hall–Kier alpha value is -0.860. The van der Waals surface area contributed by atoms with Crippen LogP contribution >= 0.6 is 0 Å². The van der Waals surface area contributed by atoms with Crippen molar-refractivity contribution in [2.45, 2.75) is 31.8 Å². The molecule has 76 valence electrons. The van der Waals surface area contributed by atoms with Crippen LogP contribution in [0.1, 0.15) is 23.1 Å². The van der Waals surface area contributed by atoms with Crippen molar-refractivity contribution >= 4 is 0 Å². The number of aryl methyl sites for hydroxylation is 1. The van der Waals surface area contributed by atoms with Crippen molar-refractivity contribution in [3.05, 3.63) is 34.9 Å². The molecule has 0 spiro atoms. The van der Waals surface area contributed by atoms with E-state index in [2.05, 4.69) is 18.2 Å². The van der Waals surface area contributed by atoms with Gasteiger partial charge in [-0.25, -0.2) is 0 Å². The summed E-state index contributed by atoms with van der Waals surface area (Å²) < 4.78 is 0. The minimum absolute atomic E-state index is 0.351. The van der Waals surface area contributed by atoms with Gasteiger partial charge in [-0.3, -0.25) is 0 Å². The van der Waals surface area contributed by atoms with Gasteiger partial charge in [0.2, 0.25) is 0 Å². The fourth-order valence-electron chi connectivity index (χ4n) is 2.23. The summed E-state index contributed by atoms with van der Waals surface area (Å²) in [5, 5.41) is 9.52. The fraction of sp³-hybridized carbons (Fsp3) is 0.500. The summed E-state index contributed by atoms with van der Waals surface area (Å²) in [6.45, 7) is 0.351. The number of aliphatic hydroxyl groups excluding tert-OH is 1. The van der Waals surface area contributed by atoms with E-state index in [0.717, 1.165) is 0 Å². The zero-order chi connectivity index (χ0) is 9.97. The maximum Gasteiger partial charge on any atom is 0.0702 e. The van der Waals surface area contributed by atoms with Crippen LogP contribution < -0.4 is 5.73 Å². The summed E-state index contributed by atoms with van der Waals surface area (Å²) >= 11 is 0. The fourth-order valence-corrected chi connectivity index (χ4v) is 2.23. The molecule has 0 radical (unpaired) electrons. The third kappa shape index (κ3) is 1.81. The smallest absolute Gasteiger partial charge is 0.0702 e. The maximum absolute atomic E-state index is 9.52. The molecule has 0 saturated heterocycles. The maximum atomic E-state index is 9.52. The first-order chi connectivity index (χ1) is 6.81. The summed E-state index contributed by atoms with van der Waals surface area (Å²) in [5.74, 6) is 0. The lowest BCUT2D eigenvalue weighted by atomic mass is 9.98. The number of aliphatic hydroxyl groups is 1. The van der Waals surface area contributed by atoms with E-state index in [9.17, 15) is 5.11 Å². The van der Waals surface area contributed by atoms with Gasteiger partial charge in [-0.15, -0.1) is 0 Å². The first-order valence-electron chi connectivity index (χ1n) is 5.29. The van der Waals surface area contributed by atoms with Gasteiger partial charge in [-0.1, -0.05) is 18.2 Å². The van der Waals surface area contributed by atoms with Crippen molar-refractivity contribution in [1.29, 1.82) is 0 Å². The Kier molecular flexibility index (Phi) is 2.85. The Labute approximate surface area is 84.7 Å². The molecule has 2 rings (SSSR count). The van der Waals surface area contributed by atoms with E-state index in [1.165, 1.54) is 36.0 Å². The van der Waals surface area contributed by atoms with Crippen molar-refractivity contribution in [2.24, 2.45) is 5.73 Å². The second-order valence-corrected chi connectivity index (χ2v) is 4.00. The first-order valence-corrected chi connectivity index (χ1v) is 5.29. The average Bonchev–Trinajstić information content (AvgIpc) is 2.66. The molecule has 1 aromatic rings. The molecular formula is C12H17NO. The van der Waals surface area contributed by atoms with E-state index in [0.29, 0.717) is 13.0 Å². The Morgan fingerprint density at radius 2 is 2.21 bits per heavy atom. The summed E-state index contributed by atoms with van der Waals surface area (Å²) in [7, 11) is 0. The third-order valence-electron chi connectivity index (χ3n) is 2.97. The zero-order valence-corrected chi connectivity index (χ0v) is 8.37. The largest absolute Gasteiger partial charge is 0.391 e. The zero-order valence-electron chi connectivity index (χ0n) is 8.37. The Bertz CT molecular complexity index is 322. The highest BCUT2D eigenvalue weighted by Gasteiger charge is 2.15. The van der Waals surface area contributed by atoms with Crippen LogP contribution in [0.3, 0.4) is 0 Å². The molecule has 0 bridgehead atoms. The van der Waals surface area contributed by atoms with Crippen LogP contribution in [-0.2, 0) is 19.3 Å². The van der Waals surface area contributed by atoms with Gasteiger partial charge in [0, 0.05) is 6.54 Å². The summed E-state index contributed by atoms with van der Waals surface area (Å²) in [6.07, 6.45) is 3.94. The number of hydrogen-bond donors (Lipinski definition) is 2. The predicted molar refractivity (Wildman–Crippen MR) is 57.2 cm³/mol. The van der Waals surface area contributed by atoms with Gasteiger partial charge in [0.05, 0.1) is 6.10 Å². The molecule has 3 N–H and O–H groups in total. The SMILES string of the molecule is NCC(O)Cc1cccc2c1CCC2. The molecule has 2 heteroatoms. The van der Waals surface area contributed by atoms with Gasteiger partial charge in [-0.2, -0.15) is 0 Å². The molecule has 0 saturated carbocycles. The quantitative estimate of drug-likeness (QED) is 0.749. The van der Waals surface area contributed by atoms with Crippen LogP contribution in [0.4, 0.5) is 0 Å². The van der Waals surface area contributed by atoms with Crippen molar-refractivity contribution in [3.63, 3.8) is 0 Å². The Morgan fingerprint density at radius 3 is 3.00 bits per heavy atom. The molecule has 0 heterocycles. The summed E-state index contributed by atoms with van der Waals surface area (Å²) in [5.41, 5.74) is 9.63. The van der Waals surface area contributed by atoms with E-state index in [1.807, 2.05) is 0 Å². The summed E-state index contributed by atoms with van der Waals surface area (Å²) in [4.78, 5) is 0. The molecule has 0 fully saturated rings. The van der Waals surface area contributed by atoms with Crippen molar-refractivity contribution in [2.75, 3.05) is 6.54 Å². The van der Waals surface area contributed by atoms with Gasteiger partial charge < -0.3 is 10.8 Å². The second-order valence-electron chi connectivity index (χ2n) is 4.00. The van der Waals surface area contributed by atoms with E-state index in [-0.39, 0.29) is 6.10 Å². The molecular weight excluding hydrogens is 174 g/mol. The van der Waals surface area contributed by atoms with Crippen LogP contribution in [0, 0.1) is 0 Å². The monoisotopic (exact) mass is 191 g/mol. The van der Waals surface area contributed by atoms with E-state index >= 15 is 0 Å². The van der Waals surface area contributed by atoms with Crippen molar-refractivity contribution in [3.8, 4) is 0 Å². The molecule has 1 atom stereocenters. The van der Waals surface area contributed by atoms with Gasteiger partial charge in [0.1, 0.15) is 0 Å². The number of hydrogen-bond acceptors (Lipinski definition) is 2. The lowest BCUT2D eigenvalue weighted by molar-refractivity contribution is 0.183. The Balaban J connectivity index is 2.22. The van der Waals surface area contributed by atoms with Crippen LogP contribution in [0.15, 0.2) is 18.2 Å². The van der Waals surface area contributed by atoms with Crippen LogP contribution in [0.25, 0.3) is 0 Å². The topological polar surface area (TPSA) is 46.2 Å². The summed E-state index contributed by atoms with van der Waals surface area (Å²) in [6, 6.07) is 6.40. The van der Waals surface area contributed by atoms with Crippen LogP contribution in [0.2, 0.25) is 0 Å². The van der Waals surface area contributed by atoms with Crippen molar-refractivity contribution < 1.29 is 5.11 Å². The van der Waals surface area contributed by atoms with Gasteiger partial charge >= 0.3 is 0 Å². The molecule has 1 aromatic carbocycles. The molecule has 1 aliphatic carbocycles. The van der Waals surface area contributed by atoms with Crippen LogP contribution in [-0.4, -0.2) is 17.8 Å². The normalized spacial score (nSPS) is 16.7. The average molecular weight is 191 g/mol. The number of fused-ring (bicyclic) bond motifs is 1. The van der Waals surface area contributed by atoms with Crippen molar-refractivity contribution in [1.82, 2.24) is 0 Å². The second kappa shape index (κ2) is 4.11. The molecule has 14 heavy (non-hydrogen) atoms.